The summed E-state index contributed by atoms with van der Waals surface area (Å²) in [5.74, 6) is 0.542. The van der Waals surface area contributed by atoms with Crippen LogP contribution in [0.3, 0.4) is 0 Å². The fourth-order valence-electron chi connectivity index (χ4n) is 1.34. The molecule has 0 radical (unpaired) electrons. The maximum Gasteiger partial charge on any atom is 0.188 e. The lowest BCUT2D eigenvalue weighted by molar-refractivity contribution is 0.338. The number of hydrogen-bond donors (Lipinski definition) is 2. The van der Waals surface area contributed by atoms with E-state index in [1.807, 2.05) is 0 Å². The molecule has 3 nitrogen and oxygen atoms in total. The Morgan fingerprint density at radius 2 is 1.67 bits per heavy atom. The maximum absolute atomic E-state index is 5.62. The van der Waals surface area contributed by atoms with Gasteiger partial charge < -0.3 is 11.1 Å². The van der Waals surface area contributed by atoms with Crippen LogP contribution in [0.2, 0.25) is 0 Å². The first-order chi connectivity index (χ1) is 5.64. The summed E-state index contributed by atoms with van der Waals surface area (Å²) in [7, 11) is 1.70. The molecule has 0 rings (SSSR count). The molecular weight excluding hydrogens is 150 g/mol. The number of rotatable bonds is 4. The summed E-state index contributed by atoms with van der Waals surface area (Å²) in [5.41, 5.74) is 5.77. The molecule has 0 spiro atoms. The van der Waals surface area contributed by atoms with Gasteiger partial charge in [-0.15, -0.1) is 0 Å². The largest absolute Gasteiger partial charge is 0.370 e. The Morgan fingerprint density at radius 3 is 1.92 bits per heavy atom. The molecule has 72 valence electrons. The Kier molecular flexibility index (Phi) is 4.71. The van der Waals surface area contributed by atoms with E-state index in [-0.39, 0.29) is 5.54 Å². The molecule has 0 unspecified atom stereocenters. The number of aliphatic imine (C=N–C) groups is 1. The Balaban J connectivity index is 4.30. The Morgan fingerprint density at radius 1 is 1.25 bits per heavy atom. The number of nitrogens with zero attached hydrogens (tertiary/aromatic N) is 1. The van der Waals surface area contributed by atoms with Gasteiger partial charge >= 0.3 is 0 Å². The summed E-state index contributed by atoms with van der Waals surface area (Å²) < 4.78 is 0. The highest BCUT2D eigenvalue weighted by molar-refractivity contribution is 5.78. The number of nitrogens with two attached hydrogens (primary N) is 1. The molecule has 0 amide bonds. The average molecular weight is 171 g/mol. The zero-order valence-corrected chi connectivity index (χ0v) is 8.65. The van der Waals surface area contributed by atoms with Crippen molar-refractivity contribution in [2.24, 2.45) is 10.7 Å². The van der Waals surface area contributed by atoms with Crippen LogP contribution in [0.1, 0.15) is 40.0 Å². The third kappa shape index (κ3) is 2.72. The van der Waals surface area contributed by atoms with E-state index in [9.17, 15) is 0 Å². The van der Waals surface area contributed by atoms with E-state index in [0.29, 0.717) is 5.96 Å². The standard InChI is InChI=1S/C9H21N3/c1-5-9(6-2,7-3)12-8(10)11-4/h5-7H2,1-4H3,(H3,10,11,12). The first-order valence-electron chi connectivity index (χ1n) is 4.64. The molecule has 0 aromatic rings. The summed E-state index contributed by atoms with van der Waals surface area (Å²) in [6.07, 6.45) is 3.24. The molecular formula is C9H21N3. The molecule has 0 aromatic heterocycles. The van der Waals surface area contributed by atoms with Crippen molar-refractivity contribution in [2.75, 3.05) is 7.05 Å². The van der Waals surface area contributed by atoms with Gasteiger partial charge in [0.05, 0.1) is 0 Å². The quantitative estimate of drug-likeness (QED) is 0.497. The van der Waals surface area contributed by atoms with Crippen molar-refractivity contribution in [3.8, 4) is 0 Å². The van der Waals surface area contributed by atoms with E-state index in [1.54, 1.807) is 7.05 Å². The van der Waals surface area contributed by atoms with Crippen molar-refractivity contribution in [3.63, 3.8) is 0 Å². The lowest BCUT2D eigenvalue weighted by Gasteiger charge is -2.32. The second-order valence-electron chi connectivity index (χ2n) is 3.07. The molecule has 0 saturated carbocycles. The van der Waals surface area contributed by atoms with Gasteiger partial charge in [-0.1, -0.05) is 20.8 Å². The first-order valence-corrected chi connectivity index (χ1v) is 4.64. The summed E-state index contributed by atoms with van der Waals surface area (Å²) in [6, 6.07) is 0. The van der Waals surface area contributed by atoms with Gasteiger partial charge in [0.15, 0.2) is 5.96 Å². The van der Waals surface area contributed by atoms with Crippen LogP contribution in [0, 0.1) is 0 Å². The van der Waals surface area contributed by atoms with E-state index in [0.717, 1.165) is 19.3 Å². The van der Waals surface area contributed by atoms with Crippen LogP contribution in [-0.4, -0.2) is 18.5 Å². The van der Waals surface area contributed by atoms with Crippen molar-refractivity contribution in [1.29, 1.82) is 0 Å². The molecule has 0 saturated heterocycles. The Labute approximate surface area is 75.4 Å². The molecule has 0 aliphatic heterocycles. The zero-order chi connectivity index (χ0) is 9.61. The van der Waals surface area contributed by atoms with Gasteiger partial charge in [-0.05, 0) is 19.3 Å². The van der Waals surface area contributed by atoms with Crippen molar-refractivity contribution in [3.05, 3.63) is 0 Å². The molecule has 0 aromatic carbocycles. The van der Waals surface area contributed by atoms with E-state index >= 15 is 0 Å². The van der Waals surface area contributed by atoms with E-state index < -0.39 is 0 Å². The summed E-state index contributed by atoms with van der Waals surface area (Å²) in [4.78, 5) is 3.90. The van der Waals surface area contributed by atoms with Crippen molar-refractivity contribution in [1.82, 2.24) is 5.32 Å². The molecule has 12 heavy (non-hydrogen) atoms. The second kappa shape index (κ2) is 5.01. The second-order valence-corrected chi connectivity index (χ2v) is 3.07. The van der Waals surface area contributed by atoms with Gasteiger partial charge in [-0.3, -0.25) is 4.99 Å². The lowest BCUT2D eigenvalue weighted by atomic mass is 9.90. The van der Waals surface area contributed by atoms with Gasteiger partial charge in [-0.2, -0.15) is 0 Å². The molecule has 0 bridgehead atoms. The molecule has 3 heteroatoms. The minimum absolute atomic E-state index is 0.142. The van der Waals surface area contributed by atoms with Gasteiger partial charge in [0.1, 0.15) is 0 Å². The van der Waals surface area contributed by atoms with Crippen LogP contribution in [0.5, 0.6) is 0 Å². The van der Waals surface area contributed by atoms with Crippen LogP contribution in [0.25, 0.3) is 0 Å². The number of hydrogen-bond acceptors (Lipinski definition) is 1. The predicted octanol–water partition coefficient (Wildman–Crippen LogP) is 1.49. The predicted molar refractivity (Wildman–Crippen MR) is 54.3 cm³/mol. The minimum Gasteiger partial charge on any atom is -0.370 e. The minimum atomic E-state index is 0.142. The van der Waals surface area contributed by atoms with E-state index in [1.165, 1.54) is 0 Å². The summed E-state index contributed by atoms with van der Waals surface area (Å²) in [5, 5.41) is 3.26. The van der Waals surface area contributed by atoms with Gasteiger partial charge in [-0.25, -0.2) is 0 Å². The van der Waals surface area contributed by atoms with Crippen LogP contribution < -0.4 is 11.1 Å². The first kappa shape index (κ1) is 11.3. The molecule has 0 heterocycles. The molecule has 0 aliphatic rings. The topological polar surface area (TPSA) is 50.4 Å². The smallest absolute Gasteiger partial charge is 0.188 e. The highest BCUT2D eigenvalue weighted by atomic mass is 15.1. The Bertz CT molecular complexity index is 140. The van der Waals surface area contributed by atoms with E-state index in [4.69, 9.17) is 5.73 Å². The molecule has 0 atom stereocenters. The van der Waals surface area contributed by atoms with Gasteiger partial charge in [0.25, 0.3) is 0 Å². The van der Waals surface area contributed by atoms with Crippen LogP contribution in [0.15, 0.2) is 4.99 Å². The zero-order valence-electron chi connectivity index (χ0n) is 8.65. The van der Waals surface area contributed by atoms with Crippen molar-refractivity contribution < 1.29 is 0 Å². The van der Waals surface area contributed by atoms with Crippen molar-refractivity contribution >= 4 is 5.96 Å². The highest BCUT2D eigenvalue weighted by Gasteiger charge is 2.23. The maximum atomic E-state index is 5.62. The van der Waals surface area contributed by atoms with Crippen LogP contribution in [-0.2, 0) is 0 Å². The summed E-state index contributed by atoms with van der Waals surface area (Å²) >= 11 is 0. The van der Waals surface area contributed by atoms with Gasteiger partial charge in [0.2, 0.25) is 0 Å². The third-order valence-electron chi connectivity index (χ3n) is 2.66. The average Bonchev–Trinajstić information content (AvgIpc) is 2.14. The molecule has 0 aliphatic carbocycles. The lowest BCUT2D eigenvalue weighted by Crippen LogP contribution is -2.50. The Hall–Kier alpha value is -0.730. The van der Waals surface area contributed by atoms with Gasteiger partial charge in [0, 0.05) is 12.6 Å². The fourth-order valence-corrected chi connectivity index (χ4v) is 1.34. The van der Waals surface area contributed by atoms with Crippen molar-refractivity contribution in [2.45, 2.75) is 45.6 Å². The molecule has 0 fully saturated rings. The number of guanidine groups is 1. The number of nitrogens with one attached hydrogen (secondary N) is 1. The fraction of sp³-hybridized carbons (Fsp3) is 0.889. The highest BCUT2D eigenvalue weighted by Crippen LogP contribution is 2.18. The summed E-state index contributed by atoms with van der Waals surface area (Å²) in [6.45, 7) is 6.51. The third-order valence-corrected chi connectivity index (χ3v) is 2.66. The SMILES string of the molecule is CCC(CC)(CC)NC(N)=NC. The normalized spacial score (nSPS) is 13.2. The van der Waals surface area contributed by atoms with Crippen LogP contribution in [0.4, 0.5) is 0 Å². The van der Waals surface area contributed by atoms with Crippen LogP contribution >= 0.6 is 0 Å². The van der Waals surface area contributed by atoms with E-state index in [2.05, 4.69) is 31.1 Å². The molecule has 3 N–H and O–H groups in total. The monoisotopic (exact) mass is 171 g/mol.